The Morgan fingerprint density at radius 1 is 1.29 bits per heavy atom. The van der Waals surface area contributed by atoms with Crippen LogP contribution in [-0.2, 0) is 11.2 Å². The van der Waals surface area contributed by atoms with E-state index in [4.69, 9.17) is 11.6 Å². The lowest BCUT2D eigenvalue weighted by Crippen LogP contribution is -2.60. The molecule has 0 aromatic heterocycles. The first-order valence-electron chi connectivity index (χ1n) is 7.67. The number of likely N-dealkylation sites (tertiary alicyclic amines) is 1. The van der Waals surface area contributed by atoms with Crippen molar-refractivity contribution < 1.29 is 9.90 Å². The van der Waals surface area contributed by atoms with Crippen molar-refractivity contribution in [1.29, 1.82) is 0 Å². The second-order valence-electron chi connectivity index (χ2n) is 6.74. The molecule has 1 aromatic rings. The summed E-state index contributed by atoms with van der Waals surface area (Å²) in [5, 5.41) is 11.0. The number of carbonyl (C=O) groups is 1. The van der Waals surface area contributed by atoms with Crippen LogP contribution in [0.1, 0.15) is 38.2 Å². The number of hydrogen-bond acceptors (Lipinski definition) is 2. The van der Waals surface area contributed by atoms with Gasteiger partial charge in [0.25, 0.3) is 0 Å². The molecule has 1 aliphatic heterocycles. The van der Waals surface area contributed by atoms with Crippen LogP contribution in [0.5, 0.6) is 0 Å². The molecule has 1 N–H and O–H groups in total. The Hall–Kier alpha value is -1.06. The zero-order chi connectivity index (χ0) is 15.1. The number of carbonyl (C=O) groups excluding carboxylic acids is 1. The fourth-order valence-corrected chi connectivity index (χ4v) is 3.96. The zero-order valence-electron chi connectivity index (χ0n) is 12.4. The quantitative estimate of drug-likeness (QED) is 0.912. The second-order valence-corrected chi connectivity index (χ2v) is 7.18. The minimum atomic E-state index is -0.533. The molecule has 0 radical (unpaired) electrons. The first-order valence-corrected chi connectivity index (χ1v) is 8.04. The summed E-state index contributed by atoms with van der Waals surface area (Å²) in [5.41, 5.74) is 0.484. The number of hydrogen-bond donors (Lipinski definition) is 1. The summed E-state index contributed by atoms with van der Waals surface area (Å²) in [5.74, 6) is 0.158. The van der Waals surface area contributed by atoms with Crippen molar-refractivity contribution in [3.8, 4) is 0 Å². The van der Waals surface area contributed by atoms with Gasteiger partial charge in [-0.1, -0.05) is 23.7 Å². The maximum atomic E-state index is 12.4. The highest BCUT2D eigenvalue weighted by atomic mass is 35.5. The predicted molar refractivity (Wildman–Crippen MR) is 83.3 cm³/mol. The van der Waals surface area contributed by atoms with Crippen molar-refractivity contribution in [2.45, 2.75) is 44.6 Å². The largest absolute Gasteiger partial charge is 0.390 e. The van der Waals surface area contributed by atoms with Gasteiger partial charge in [0.15, 0.2) is 0 Å². The van der Waals surface area contributed by atoms with E-state index in [1.807, 2.05) is 36.1 Å². The minimum Gasteiger partial charge on any atom is -0.390 e. The van der Waals surface area contributed by atoms with Crippen LogP contribution >= 0.6 is 11.6 Å². The molecule has 2 aliphatic rings. The van der Waals surface area contributed by atoms with E-state index < -0.39 is 5.60 Å². The van der Waals surface area contributed by atoms with Crippen LogP contribution < -0.4 is 0 Å². The van der Waals surface area contributed by atoms with E-state index in [1.54, 1.807) is 0 Å². The number of aliphatic hydroxyl groups is 1. The van der Waals surface area contributed by atoms with Gasteiger partial charge in [0.2, 0.25) is 5.91 Å². The molecule has 0 unspecified atom stereocenters. The van der Waals surface area contributed by atoms with E-state index >= 15 is 0 Å². The molecule has 4 heteroatoms. The predicted octanol–water partition coefficient (Wildman–Crippen LogP) is 3.04. The van der Waals surface area contributed by atoms with Gasteiger partial charge in [-0.05, 0) is 50.3 Å². The molecule has 3 nitrogen and oxygen atoms in total. The van der Waals surface area contributed by atoms with Gasteiger partial charge in [0.1, 0.15) is 0 Å². The number of amides is 1. The third kappa shape index (κ3) is 2.69. The minimum absolute atomic E-state index is 0.0554. The van der Waals surface area contributed by atoms with Crippen LogP contribution in [0, 0.1) is 5.41 Å². The molecule has 1 spiro atoms. The lowest BCUT2D eigenvalue weighted by atomic mass is 9.53. The monoisotopic (exact) mass is 307 g/mol. The summed E-state index contributed by atoms with van der Waals surface area (Å²) >= 11 is 5.96. The van der Waals surface area contributed by atoms with Gasteiger partial charge < -0.3 is 10.0 Å². The van der Waals surface area contributed by atoms with Crippen LogP contribution in [0.15, 0.2) is 24.3 Å². The molecule has 114 valence electrons. The lowest BCUT2D eigenvalue weighted by Gasteiger charge is -2.58. The highest BCUT2D eigenvalue weighted by Gasteiger charge is 2.55. The molecular formula is C17H22ClNO2. The fraction of sp³-hybridized carbons (Fsp3) is 0.588. The van der Waals surface area contributed by atoms with Crippen molar-refractivity contribution in [2.75, 3.05) is 13.1 Å². The molecule has 0 bridgehead atoms. The Balaban J connectivity index is 1.58. The van der Waals surface area contributed by atoms with Crippen LogP contribution in [0.3, 0.4) is 0 Å². The molecular weight excluding hydrogens is 286 g/mol. The van der Waals surface area contributed by atoms with Gasteiger partial charge in [-0.25, -0.2) is 0 Å². The van der Waals surface area contributed by atoms with Gasteiger partial charge in [0, 0.05) is 23.5 Å². The van der Waals surface area contributed by atoms with E-state index in [0.29, 0.717) is 11.4 Å². The zero-order valence-corrected chi connectivity index (χ0v) is 13.2. The summed E-state index contributed by atoms with van der Waals surface area (Å²) in [6, 6.07) is 7.48. The highest BCUT2D eigenvalue weighted by molar-refractivity contribution is 6.30. The van der Waals surface area contributed by atoms with Crippen molar-refractivity contribution >= 4 is 17.5 Å². The number of rotatable bonds is 2. The van der Waals surface area contributed by atoms with E-state index in [9.17, 15) is 9.90 Å². The Labute approximate surface area is 130 Å². The Morgan fingerprint density at radius 2 is 2.00 bits per heavy atom. The third-order valence-corrected chi connectivity index (χ3v) is 5.79. The Bertz CT molecular complexity index is 547. The van der Waals surface area contributed by atoms with E-state index in [0.717, 1.165) is 44.3 Å². The van der Waals surface area contributed by atoms with Gasteiger partial charge in [0.05, 0.1) is 12.0 Å². The Kier molecular flexibility index (Phi) is 3.74. The molecule has 1 aromatic carbocycles. The standard InChI is InChI=1S/C17H22ClNO2/c1-16(21)5-6-17(16)7-9-19(10-8-17)15(20)12-13-3-2-4-14(18)11-13/h2-4,11,21H,5-10,12H2,1H3/t16-/m0/s1. The molecule has 1 heterocycles. The average molecular weight is 308 g/mol. The third-order valence-electron chi connectivity index (χ3n) is 5.55. The first kappa shape index (κ1) is 14.9. The van der Waals surface area contributed by atoms with Crippen LogP contribution in [0.25, 0.3) is 0 Å². The number of piperidine rings is 1. The number of nitrogens with zero attached hydrogens (tertiary/aromatic N) is 1. The summed E-state index contributed by atoms with van der Waals surface area (Å²) in [6.07, 6.45) is 4.23. The van der Waals surface area contributed by atoms with Crippen molar-refractivity contribution in [3.05, 3.63) is 34.9 Å². The Morgan fingerprint density at radius 3 is 2.52 bits per heavy atom. The maximum absolute atomic E-state index is 12.4. The van der Waals surface area contributed by atoms with Crippen LogP contribution in [-0.4, -0.2) is 34.6 Å². The summed E-state index contributed by atoms with van der Waals surface area (Å²) in [7, 11) is 0. The molecule has 3 rings (SSSR count). The molecule has 1 amide bonds. The maximum Gasteiger partial charge on any atom is 0.226 e. The lowest BCUT2D eigenvalue weighted by molar-refractivity contribution is -0.180. The van der Waals surface area contributed by atoms with Gasteiger partial charge in [-0.15, -0.1) is 0 Å². The number of benzene rings is 1. The van der Waals surface area contributed by atoms with Gasteiger partial charge in [-0.2, -0.15) is 0 Å². The van der Waals surface area contributed by atoms with E-state index in [2.05, 4.69) is 0 Å². The fourth-order valence-electron chi connectivity index (χ4n) is 3.75. The smallest absolute Gasteiger partial charge is 0.226 e. The van der Waals surface area contributed by atoms with E-state index in [1.165, 1.54) is 0 Å². The van der Waals surface area contributed by atoms with Crippen molar-refractivity contribution in [3.63, 3.8) is 0 Å². The van der Waals surface area contributed by atoms with Crippen molar-refractivity contribution in [2.24, 2.45) is 5.41 Å². The molecule has 1 atom stereocenters. The molecule has 1 saturated heterocycles. The summed E-state index contributed by atoms with van der Waals surface area (Å²) in [4.78, 5) is 14.3. The SMILES string of the molecule is C[C@]1(O)CCC12CCN(C(=O)Cc1cccc(Cl)c1)CC2. The van der Waals surface area contributed by atoms with Gasteiger partial charge >= 0.3 is 0 Å². The molecule has 21 heavy (non-hydrogen) atoms. The summed E-state index contributed by atoms with van der Waals surface area (Å²) in [6.45, 7) is 3.46. The topological polar surface area (TPSA) is 40.5 Å². The molecule has 1 aliphatic carbocycles. The second kappa shape index (κ2) is 5.29. The molecule has 2 fully saturated rings. The van der Waals surface area contributed by atoms with Gasteiger partial charge in [-0.3, -0.25) is 4.79 Å². The first-order chi connectivity index (χ1) is 9.92. The number of halogens is 1. The van der Waals surface area contributed by atoms with Crippen molar-refractivity contribution in [1.82, 2.24) is 4.90 Å². The van der Waals surface area contributed by atoms with Crippen LogP contribution in [0.4, 0.5) is 0 Å². The highest BCUT2D eigenvalue weighted by Crippen LogP contribution is 2.56. The average Bonchev–Trinajstić information content (AvgIpc) is 2.46. The van der Waals surface area contributed by atoms with Crippen LogP contribution in [0.2, 0.25) is 5.02 Å². The normalized spacial score (nSPS) is 27.5. The van der Waals surface area contributed by atoms with E-state index in [-0.39, 0.29) is 11.3 Å². The molecule has 1 saturated carbocycles. The summed E-state index contributed by atoms with van der Waals surface area (Å²) < 4.78 is 0.